The van der Waals surface area contributed by atoms with E-state index in [4.69, 9.17) is 11.6 Å². The summed E-state index contributed by atoms with van der Waals surface area (Å²) < 4.78 is 27.1. The molecule has 26 heavy (non-hydrogen) atoms. The summed E-state index contributed by atoms with van der Waals surface area (Å²) in [6, 6.07) is 15.8. The van der Waals surface area contributed by atoms with Gasteiger partial charge in [0.2, 0.25) is 10.0 Å². The average Bonchev–Trinajstić information content (AvgIpc) is 2.68. The van der Waals surface area contributed by atoms with E-state index in [1.54, 1.807) is 48.7 Å². The molecule has 1 aromatic heterocycles. The van der Waals surface area contributed by atoms with Crippen LogP contribution in [-0.4, -0.2) is 29.2 Å². The van der Waals surface area contributed by atoms with Crippen molar-refractivity contribution >= 4 is 21.6 Å². The average molecular weight is 386 g/mol. The van der Waals surface area contributed by atoms with Crippen LogP contribution < -0.4 is 0 Å². The number of halogens is 1. The van der Waals surface area contributed by atoms with E-state index in [9.17, 15) is 8.42 Å². The van der Waals surface area contributed by atoms with Gasteiger partial charge in [-0.25, -0.2) is 18.4 Å². The molecule has 4 rings (SSSR count). The van der Waals surface area contributed by atoms with Gasteiger partial charge in [0.15, 0.2) is 5.82 Å². The summed E-state index contributed by atoms with van der Waals surface area (Å²) in [5, 5.41) is 0.661. The first-order valence-electron chi connectivity index (χ1n) is 8.20. The van der Waals surface area contributed by atoms with E-state index in [2.05, 4.69) is 9.97 Å². The predicted molar refractivity (Wildman–Crippen MR) is 100 cm³/mol. The highest BCUT2D eigenvalue weighted by Gasteiger charge is 2.29. The van der Waals surface area contributed by atoms with Crippen molar-refractivity contribution in [2.75, 3.05) is 6.54 Å². The Morgan fingerprint density at radius 2 is 1.73 bits per heavy atom. The second-order valence-corrected chi connectivity index (χ2v) is 8.45. The van der Waals surface area contributed by atoms with Gasteiger partial charge in [0.05, 0.1) is 10.6 Å². The third-order valence-electron chi connectivity index (χ3n) is 4.38. The second kappa shape index (κ2) is 6.79. The lowest BCUT2D eigenvalue weighted by atomic mass is 10.1. The summed E-state index contributed by atoms with van der Waals surface area (Å²) in [6.45, 7) is 0.689. The summed E-state index contributed by atoms with van der Waals surface area (Å²) >= 11 is 5.92. The molecule has 7 heteroatoms. The molecule has 0 radical (unpaired) electrons. The monoisotopic (exact) mass is 385 g/mol. The van der Waals surface area contributed by atoms with Crippen molar-refractivity contribution in [3.05, 3.63) is 77.1 Å². The summed E-state index contributed by atoms with van der Waals surface area (Å²) in [5.74, 6) is 0.625. The number of rotatable bonds is 3. The molecule has 0 saturated carbocycles. The Morgan fingerprint density at radius 1 is 1.00 bits per heavy atom. The van der Waals surface area contributed by atoms with E-state index >= 15 is 0 Å². The van der Waals surface area contributed by atoms with Crippen molar-refractivity contribution in [1.82, 2.24) is 14.3 Å². The van der Waals surface area contributed by atoms with Crippen LogP contribution in [-0.2, 0) is 23.0 Å². The first kappa shape index (κ1) is 17.1. The van der Waals surface area contributed by atoms with Crippen LogP contribution in [0.1, 0.15) is 11.3 Å². The number of benzene rings is 2. The zero-order chi connectivity index (χ0) is 18.1. The van der Waals surface area contributed by atoms with Crippen LogP contribution in [0.4, 0.5) is 0 Å². The van der Waals surface area contributed by atoms with E-state index in [-0.39, 0.29) is 6.54 Å². The number of aromatic nitrogens is 2. The second-order valence-electron chi connectivity index (χ2n) is 6.07. The molecule has 0 aliphatic carbocycles. The zero-order valence-electron chi connectivity index (χ0n) is 13.8. The lowest BCUT2D eigenvalue weighted by Gasteiger charge is -2.27. The molecule has 0 unspecified atom stereocenters. The Hall–Kier alpha value is -2.28. The number of fused-ring (bicyclic) bond motifs is 1. The molecule has 0 bridgehead atoms. The Balaban J connectivity index is 1.61. The van der Waals surface area contributed by atoms with Gasteiger partial charge in [-0.2, -0.15) is 4.31 Å². The molecule has 1 aliphatic heterocycles. The van der Waals surface area contributed by atoms with Gasteiger partial charge in [0.25, 0.3) is 0 Å². The standard InChI is InChI=1S/C19H16ClN3O2S/c20-16-8-6-14(7-9-16)19-21-12-15-13-23(11-10-18(15)22-19)26(24,25)17-4-2-1-3-5-17/h1-9,12H,10-11,13H2. The summed E-state index contributed by atoms with van der Waals surface area (Å²) in [7, 11) is -3.51. The van der Waals surface area contributed by atoms with Gasteiger partial charge in [-0.1, -0.05) is 29.8 Å². The number of hydrogen-bond donors (Lipinski definition) is 0. The lowest BCUT2D eigenvalue weighted by molar-refractivity contribution is 0.387. The third kappa shape index (κ3) is 3.23. The maximum absolute atomic E-state index is 12.8. The van der Waals surface area contributed by atoms with E-state index in [1.807, 2.05) is 12.1 Å². The summed E-state index contributed by atoms with van der Waals surface area (Å²) in [5.41, 5.74) is 2.62. The fourth-order valence-electron chi connectivity index (χ4n) is 2.98. The van der Waals surface area contributed by atoms with Crippen LogP contribution in [0.3, 0.4) is 0 Å². The Bertz CT molecular complexity index is 1040. The zero-order valence-corrected chi connectivity index (χ0v) is 15.4. The van der Waals surface area contributed by atoms with Gasteiger partial charge in [-0.3, -0.25) is 0 Å². The van der Waals surface area contributed by atoms with Crippen LogP contribution in [0.15, 0.2) is 65.7 Å². The Kier molecular flexibility index (Phi) is 4.48. The minimum atomic E-state index is -3.51. The number of sulfonamides is 1. The van der Waals surface area contributed by atoms with Gasteiger partial charge >= 0.3 is 0 Å². The molecule has 0 atom stereocenters. The number of nitrogens with zero attached hydrogens (tertiary/aromatic N) is 3. The minimum absolute atomic E-state index is 0.285. The van der Waals surface area contributed by atoms with Crippen molar-refractivity contribution in [1.29, 1.82) is 0 Å². The smallest absolute Gasteiger partial charge is 0.236 e. The van der Waals surface area contributed by atoms with Crippen LogP contribution in [0.5, 0.6) is 0 Å². The summed E-state index contributed by atoms with van der Waals surface area (Å²) in [6.07, 6.45) is 2.28. The van der Waals surface area contributed by atoms with Crippen LogP contribution in [0.2, 0.25) is 5.02 Å². The maximum Gasteiger partial charge on any atom is 0.243 e. The van der Waals surface area contributed by atoms with E-state index in [0.29, 0.717) is 28.7 Å². The molecule has 3 aromatic rings. The highest BCUT2D eigenvalue weighted by molar-refractivity contribution is 7.89. The van der Waals surface area contributed by atoms with Crippen molar-refractivity contribution < 1.29 is 8.42 Å². The molecule has 0 fully saturated rings. The Morgan fingerprint density at radius 3 is 2.46 bits per heavy atom. The molecule has 0 amide bonds. The highest BCUT2D eigenvalue weighted by Crippen LogP contribution is 2.25. The molecule has 0 N–H and O–H groups in total. The van der Waals surface area contributed by atoms with Crippen LogP contribution >= 0.6 is 11.6 Å². The topological polar surface area (TPSA) is 63.2 Å². The van der Waals surface area contributed by atoms with Gasteiger partial charge in [-0.15, -0.1) is 0 Å². The van der Waals surface area contributed by atoms with Crippen molar-refractivity contribution in [2.24, 2.45) is 0 Å². The van der Waals surface area contributed by atoms with Crippen LogP contribution in [0, 0.1) is 0 Å². The third-order valence-corrected chi connectivity index (χ3v) is 6.49. The van der Waals surface area contributed by atoms with Gasteiger partial charge in [0.1, 0.15) is 0 Å². The van der Waals surface area contributed by atoms with Gasteiger partial charge in [-0.05, 0) is 36.4 Å². The largest absolute Gasteiger partial charge is 0.243 e. The number of hydrogen-bond acceptors (Lipinski definition) is 4. The summed E-state index contributed by atoms with van der Waals surface area (Å²) in [4.78, 5) is 9.34. The molecular weight excluding hydrogens is 370 g/mol. The molecule has 1 aliphatic rings. The fourth-order valence-corrected chi connectivity index (χ4v) is 4.54. The first-order chi connectivity index (χ1) is 12.5. The highest BCUT2D eigenvalue weighted by atomic mass is 35.5. The first-order valence-corrected chi connectivity index (χ1v) is 10.0. The molecular formula is C19H16ClN3O2S. The molecule has 2 aromatic carbocycles. The fraction of sp³-hybridized carbons (Fsp3) is 0.158. The lowest BCUT2D eigenvalue weighted by Crippen LogP contribution is -2.36. The van der Waals surface area contributed by atoms with Gasteiger partial charge < -0.3 is 0 Å². The quantitative estimate of drug-likeness (QED) is 0.691. The SMILES string of the molecule is O=S(=O)(c1ccccc1)N1CCc2nc(-c3ccc(Cl)cc3)ncc2C1. The van der Waals surface area contributed by atoms with Crippen molar-refractivity contribution in [3.63, 3.8) is 0 Å². The van der Waals surface area contributed by atoms with Crippen molar-refractivity contribution in [3.8, 4) is 11.4 Å². The maximum atomic E-state index is 12.8. The van der Waals surface area contributed by atoms with Crippen molar-refractivity contribution in [2.45, 2.75) is 17.9 Å². The molecule has 0 spiro atoms. The predicted octanol–water partition coefficient (Wildman–Crippen LogP) is 3.54. The Labute approximate surface area is 157 Å². The van der Waals surface area contributed by atoms with E-state index in [1.165, 1.54) is 4.31 Å². The van der Waals surface area contributed by atoms with Gasteiger partial charge in [0, 0.05) is 41.9 Å². The molecule has 5 nitrogen and oxygen atoms in total. The van der Waals surface area contributed by atoms with E-state index in [0.717, 1.165) is 16.8 Å². The van der Waals surface area contributed by atoms with E-state index < -0.39 is 10.0 Å². The van der Waals surface area contributed by atoms with Crippen LogP contribution in [0.25, 0.3) is 11.4 Å². The normalized spacial score (nSPS) is 14.8. The minimum Gasteiger partial charge on any atom is -0.236 e. The molecule has 0 saturated heterocycles. The molecule has 132 valence electrons. The molecule has 2 heterocycles.